The van der Waals surface area contributed by atoms with Gasteiger partial charge >= 0.3 is 0 Å². The summed E-state index contributed by atoms with van der Waals surface area (Å²) in [4.78, 5) is 27.9. The Morgan fingerprint density at radius 1 is 0.897 bits per heavy atom. The molecule has 3 aromatic rings. The first kappa shape index (κ1) is 30.0. The number of nitrogens with zero attached hydrogens (tertiary/aromatic N) is 2. The third kappa shape index (κ3) is 9.01. The quantitative estimate of drug-likeness (QED) is 0.327. The number of anilines is 1. The van der Waals surface area contributed by atoms with Gasteiger partial charge in [0.2, 0.25) is 21.8 Å². The molecule has 0 aliphatic heterocycles. The molecule has 0 fully saturated rings. The van der Waals surface area contributed by atoms with E-state index in [1.807, 2.05) is 44.2 Å². The summed E-state index contributed by atoms with van der Waals surface area (Å²) in [6.45, 7) is 5.66. The van der Waals surface area contributed by atoms with Gasteiger partial charge in [0, 0.05) is 18.1 Å². The highest BCUT2D eigenvalue weighted by Gasteiger charge is 2.30. The van der Waals surface area contributed by atoms with Gasteiger partial charge in [0.25, 0.3) is 0 Å². The Kier molecular flexibility index (Phi) is 10.4. The molecule has 0 aromatic heterocycles. The maximum absolute atomic E-state index is 13.6. The Bertz CT molecular complexity index is 1350. The van der Waals surface area contributed by atoms with Gasteiger partial charge in [-0.25, -0.2) is 8.42 Å². The average molecular weight is 572 g/mol. The Labute approximate surface area is 235 Å². The molecule has 0 saturated heterocycles. The number of para-hydroxylation sites is 1. The number of benzene rings is 3. The number of carbonyl (C=O) groups is 2. The summed E-state index contributed by atoms with van der Waals surface area (Å²) in [5.41, 5.74) is 1.05. The summed E-state index contributed by atoms with van der Waals surface area (Å²) >= 11 is 6.01. The van der Waals surface area contributed by atoms with Crippen LogP contribution in [0.4, 0.5) is 5.69 Å². The predicted molar refractivity (Wildman–Crippen MR) is 154 cm³/mol. The molecule has 0 heterocycles. The van der Waals surface area contributed by atoms with E-state index in [1.54, 1.807) is 55.5 Å². The highest BCUT2D eigenvalue weighted by Crippen LogP contribution is 2.26. The number of carbonyl (C=O) groups excluding carboxylic acids is 2. The second-order valence-corrected chi connectivity index (χ2v) is 12.0. The zero-order valence-corrected chi connectivity index (χ0v) is 24.1. The number of sulfonamides is 1. The van der Waals surface area contributed by atoms with Crippen LogP contribution in [-0.2, 0) is 26.2 Å². The fourth-order valence-corrected chi connectivity index (χ4v) is 4.72. The molecular formula is C29H34ClN3O5S. The first-order valence-corrected chi connectivity index (χ1v) is 14.8. The molecule has 0 radical (unpaired) electrons. The van der Waals surface area contributed by atoms with Crippen molar-refractivity contribution in [1.82, 2.24) is 10.2 Å². The van der Waals surface area contributed by atoms with Crippen molar-refractivity contribution in [3.63, 3.8) is 0 Å². The number of rotatable bonds is 12. The SMILES string of the molecule is CC(C)CNC(=O)C(C)N(Cc1ccc(Cl)cc1)C(=O)CN(c1ccc(Oc2ccccc2)cc1)S(C)(=O)=O. The lowest BCUT2D eigenvalue weighted by Gasteiger charge is -2.31. The molecule has 3 aromatic carbocycles. The molecule has 1 atom stereocenters. The second kappa shape index (κ2) is 13.5. The summed E-state index contributed by atoms with van der Waals surface area (Å²) in [6.07, 6.45) is 1.04. The number of nitrogens with one attached hydrogen (secondary N) is 1. The molecule has 8 nitrogen and oxygen atoms in total. The van der Waals surface area contributed by atoms with Gasteiger partial charge in [-0.15, -0.1) is 0 Å². The van der Waals surface area contributed by atoms with Gasteiger partial charge < -0.3 is 15.0 Å². The lowest BCUT2D eigenvalue weighted by atomic mass is 10.1. The molecule has 0 saturated carbocycles. The largest absolute Gasteiger partial charge is 0.457 e. The maximum atomic E-state index is 13.6. The molecule has 0 aliphatic rings. The summed E-state index contributed by atoms with van der Waals surface area (Å²) in [5, 5.41) is 3.40. The van der Waals surface area contributed by atoms with Gasteiger partial charge in [0.15, 0.2) is 0 Å². The topological polar surface area (TPSA) is 96.0 Å². The van der Waals surface area contributed by atoms with Gasteiger partial charge in [-0.3, -0.25) is 13.9 Å². The van der Waals surface area contributed by atoms with E-state index in [0.717, 1.165) is 16.1 Å². The van der Waals surface area contributed by atoms with Gasteiger partial charge in [0.05, 0.1) is 11.9 Å². The summed E-state index contributed by atoms with van der Waals surface area (Å²) in [6, 6.07) is 21.7. The molecule has 1 N–H and O–H groups in total. The normalized spacial score (nSPS) is 12.1. The second-order valence-electron chi connectivity index (χ2n) is 9.64. The molecular weight excluding hydrogens is 538 g/mol. The summed E-state index contributed by atoms with van der Waals surface area (Å²) < 4.78 is 32.4. The van der Waals surface area contributed by atoms with E-state index in [9.17, 15) is 18.0 Å². The third-order valence-electron chi connectivity index (χ3n) is 5.90. The van der Waals surface area contributed by atoms with Crippen molar-refractivity contribution in [3.05, 3.63) is 89.4 Å². The highest BCUT2D eigenvalue weighted by molar-refractivity contribution is 7.92. The van der Waals surface area contributed by atoms with Crippen LogP contribution in [0.3, 0.4) is 0 Å². The number of amides is 2. The van der Waals surface area contributed by atoms with Gasteiger partial charge in [-0.05, 0) is 66.9 Å². The fourth-order valence-electron chi connectivity index (χ4n) is 3.74. The third-order valence-corrected chi connectivity index (χ3v) is 7.29. The number of halogens is 1. The molecule has 39 heavy (non-hydrogen) atoms. The molecule has 10 heteroatoms. The Morgan fingerprint density at radius 2 is 1.49 bits per heavy atom. The number of ether oxygens (including phenoxy) is 1. The van der Waals surface area contributed by atoms with Crippen LogP contribution in [0.5, 0.6) is 11.5 Å². The van der Waals surface area contributed by atoms with E-state index in [1.165, 1.54) is 4.90 Å². The van der Waals surface area contributed by atoms with Crippen LogP contribution >= 0.6 is 11.6 Å². The van der Waals surface area contributed by atoms with Crippen molar-refractivity contribution in [2.24, 2.45) is 5.92 Å². The van der Waals surface area contributed by atoms with E-state index in [0.29, 0.717) is 28.8 Å². The minimum Gasteiger partial charge on any atom is -0.457 e. The van der Waals surface area contributed by atoms with Crippen molar-refractivity contribution in [3.8, 4) is 11.5 Å². The van der Waals surface area contributed by atoms with Crippen LogP contribution in [-0.4, -0.2) is 50.5 Å². The minimum absolute atomic E-state index is 0.105. The molecule has 1 unspecified atom stereocenters. The van der Waals surface area contributed by atoms with Crippen LogP contribution in [0.15, 0.2) is 78.9 Å². The predicted octanol–water partition coefficient (Wildman–Crippen LogP) is 5.09. The summed E-state index contributed by atoms with van der Waals surface area (Å²) in [5.74, 6) is 0.551. The molecule has 0 bridgehead atoms. The van der Waals surface area contributed by atoms with E-state index in [4.69, 9.17) is 16.3 Å². The number of hydrogen-bond donors (Lipinski definition) is 1. The monoisotopic (exact) mass is 571 g/mol. The number of hydrogen-bond acceptors (Lipinski definition) is 5. The Hall–Kier alpha value is -3.56. The van der Waals surface area contributed by atoms with Crippen LogP contribution in [0.2, 0.25) is 5.02 Å². The van der Waals surface area contributed by atoms with E-state index < -0.39 is 28.5 Å². The Morgan fingerprint density at radius 3 is 2.05 bits per heavy atom. The lowest BCUT2D eigenvalue weighted by molar-refractivity contribution is -0.139. The summed E-state index contributed by atoms with van der Waals surface area (Å²) in [7, 11) is -3.84. The van der Waals surface area contributed by atoms with Crippen molar-refractivity contribution in [2.45, 2.75) is 33.4 Å². The van der Waals surface area contributed by atoms with E-state index in [2.05, 4.69) is 5.32 Å². The molecule has 0 spiro atoms. The van der Waals surface area contributed by atoms with Crippen LogP contribution < -0.4 is 14.4 Å². The van der Waals surface area contributed by atoms with Crippen LogP contribution in [0, 0.1) is 5.92 Å². The zero-order chi connectivity index (χ0) is 28.6. The molecule has 3 rings (SSSR count). The van der Waals surface area contributed by atoms with Crippen molar-refractivity contribution in [1.29, 1.82) is 0 Å². The molecule has 208 valence electrons. The fraction of sp³-hybridized carbons (Fsp3) is 0.310. The van der Waals surface area contributed by atoms with Crippen molar-refractivity contribution >= 4 is 39.1 Å². The van der Waals surface area contributed by atoms with Gasteiger partial charge in [0.1, 0.15) is 24.1 Å². The smallest absolute Gasteiger partial charge is 0.244 e. The van der Waals surface area contributed by atoms with Crippen LogP contribution in [0.25, 0.3) is 0 Å². The minimum atomic E-state index is -3.84. The Balaban J connectivity index is 1.84. The maximum Gasteiger partial charge on any atom is 0.244 e. The average Bonchev–Trinajstić information content (AvgIpc) is 2.90. The van der Waals surface area contributed by atoms with Crippen molar-refractivity contribution < 1.29 is 22.7 Å². The first-order valence-electron chi connectivity index (χ1n) is 12.6. The molecule has 2 amide bonds. The zero-order valence-electron chi connectivity index (χ0n) is 22.5. The van der Waals surface area contributed by atoms with E-state index >= 15 is 0 Å². The first-order chi connectivity index (χ1) is 18.4. The van der Waals surface area contributed by atoms with Gasteiger partial charge in [-0.2, -0.15) is 0 Å². The van der Waals surface area contributed by atoms with Crippen LogP contribution in [0.1, 0.15) is 26.3 Å². The standard InChI is InChI=1S/C29H34ClN3O5S/c1-21(2)18-31-29(35)22(3)32(19-23-10-12-24(30)13-11-23)28(34)20-33(39(4,36)37)25-14-16-27(17-15-25)38-26-8-6-5-7-9-26/h5-17,21-22H,18-20H2,1-4H3,(H,31,35). The van der Waals surface area contributed by atoms with Crippen molar-refractivity contribution in [2.75, 3.05) is 23.7 Å². The van der Waals surface area contributed by atoms with E-state index in [-0.39, 0.29) is 18.4 Å². The molecule has 0 aliphatic carbocycles. The van der Waals surface area contributed by atoms with Gasteiger partial charge in [-0.1, -0.05) is 55.8 Å². The highest BCUT2D eigenvalue weighted by atomic mass is 35.5. The lowest BCUT2D eigenvalue weighted by Crippen LogP contribution is -2.51.